The smallest absolute Gasteiger partial charge is 0.409 e. The third-order valence-electron chi connectivity index (χ3n) is 5.09. The molecule has 1 saturated heterocycles. The van der Waals surface area contributed by atoms with Gasteiger partial charge in [0.25, 0.3) is 5.91 Å². The predicted molar refractivity (Wildman–Crippen MR) is 115 cm³/mol. The molecule has 1 fully saturated rings. The lowest BCUT2D eigenvalue weighted by Crippen LogP contribution is -2.38. The van der Waals surface area contributed by atoms with E-state index in [4.69, 9.17) is 4.74 Å². The molecule has 0 aliphatic carbocycles. The second kappa shape index (κ2) is 10.2. The number of amides is 2. The molecule has 2 aromatic rings. The van der Waals surface area contributed by atoms with Crippen LogP contribution in [-0.4, -0.2) is 60.4 Å². The molecular weight excluding hydrogens is 399 g/mol. The van der Waals surface area contributed by atoms with Gasteiger partial charge in [0.1, 0.15) is 5.82 Å². The van der Waals surface area contributed by atoms with Crippen LogP contribution in [0.2, 0.25) is 0 Å². The second-order valence-corrected chi connectivity index (χ2v) is 7.99. The van der Waals surface area contributed by atoms with Crippen LogP contribution in [-0.2, 0) is 4.74 Å². The summed E-state index contributed by atoms with van der Waals surface area (Å²) in [6.07, 6.45) is 0.256. The molecule has 1 aliphatic rings. The minimum Gasteiger partial charge on any atom is -0.449 e. The molecule has 31 heavy (non-hydrogen) atoms. The van der Waals surface area contributed by atoms with E-state index in [9.17, 15) is 18.8 Å². The van der Waals surface area contributed by atoms with Crippen molar-refractivity contribution in [2.75, 3.05) is 32.8 Å². The number of ketones is 1. The molecule has 2 amide bonds. The highest BCUT2D eigenvalue weighted by atomic mass is 19.1. The molecule has 0 spiro atoms. The van der Waals surface area contributed by atoms with Gasteiger partial charge in [-0.05, 0) is 42.7 Å². The zero-order valence-corrected chi connectivity index (χ0v) is 17.8. The van der Waals surface area contributed by atoms with E-state index in [1.165, 1.54) is 24.3 Å². The maximum Gasteiger partial charge on any atom is 0.409 e. The van der Waals surface area contributed by atoms with E-state index in [0.29, 0.717) is 50.3 Å². The maximum atomic E-state index is 13.2. The molecule has 1 aliphatic heterocycles. The summed E-state index contributed by atoms with van der Waals surface area (Å²) in [6.45, 7) is 6.02. The van der Waals surface area contributed by atoms with Crippen LogP contribution < -0.4 is 0 Å². The molecule has 0 saturated carbocycles. The van der Waals surface area contributed by atoms with Crippen LogP contribution in [0.15, 0.2) is 48.5 Å². The first-order chi connectivity index (χ1) is 14.9. The van der Waals surface area contributed by atoms with Crippen molar-refractivity contribution in [1.82, 2.24) is 9.80 Å². The fourth-order valence-corrected chi connectivity index (χ4v) is 3.43. The molecule has 0 N–H and O–H groups in total. The number of nitrogens with zero attached hydrogens (tertiary/aromatic N) is 2. The van der Waals surface area contributed by atoms with Crippen molar-refractivity contribution >= 4 is 17.8 Å². The van der Waals surface area contributed by atoms with Crippen molar-refractivity contribution in [2.24, 2.45) is 5.92 Å². The number of hydrogen-bond donors (Lipinski definition) is 0. The Labute approximate surface area is 181 Å². The molecular formula is C24H27FN2O4. The van der Waals surface area contributed by atoms with Crippen molar-refractivity contribution in [2.45, 2.75) is 20.3 Å². The van der Waals surface area contributed by atoms with Gasteiger partial charge in [-0.3, -0.25) is 9.59 Å². The van der Waals surface area contributed by atoms with Crippen LogP contribution in [0.3, 0.4) is 0 Å². The SMILES string of the molecule is CC(C)COC(=O)N1CCCN(C(=O)c2ccccc2C(=O)c2ccc(F)cc2)CC1. The van der Waals surface area contributed by atoms with Crippen molar-refractivity contribution in [1.29, 1.82) is 0 Å². The Kier molecular flexibility index (Phi) is 7.39. The van der Waals surface area contributed by atoms with E-state index >= 15 is 0 Å². The molecule has 0 radical (unpaired) electrons. The van der Waals surface area contributed by atoms with Crippen LogP contribution >= 0.6 is 0 Å². The zero-order chi connectivity index (χ0) is 22.4. The minimum atomic E-state index is -0.429. The summed E-state index contributed by atoms with van der Waals surface area (Å²) in [5.74, 6) is -0.771. The fraction of sp³-hybridized carbons (Fsp3) is 0.375. The number of rotatable bonds is 5. The van der Waals surface area contributed by atoms with Gasteiger partial charge in [-0.2, -0.15) is 0 Å². The number of halogens is 1. The summed E-state index contributed by atoms with van der Waals surface area (Å²) in [5.41, 5.74) is 0.890. The van der Waals surface area contributed by atoms with E-state index < -0.39 is 5.82 Å². The summed E-state index contributed by atoms with van der Waals surface area (Å²) in [5, 5.41) is 0. The number of benzene rings is 2. The van der Waals surface area contributed by atoms with Gasteiger partial charge in [0, 0.05) is 37.3 Å². The Hall–Kier alpha value is -3.22. The van der Waals surface area contributed by atoms with Gasteiger partial charge in [0.2, 0.25) is 0 Å². The third-order valence-corrected chi connectivity index (χ3v) is 5.09. The molecule has 0 unspecified atom stereocenters. The van der Waals surface area contributed by atoms with Crippen molar-refractivity contribution in [3.05, 3.63) is 71.0 Å². The van der Waals surface area contributed by atoms with Crippen LogP contribution in [0.25, 0.3) is 0 Å². The predicted octanol–water partition coefficient (Wildman–Crippen LogP) is 4.00. The topological polar surface area (TPSA) is 66.9 Å². The number of ether oxygens (including phenoxy) is 1. The number of carbonyl (C=O) groups excluding carboxylic acids is 3. The van der Waals surface area contributed by atoms with Crippen LogP contribution in [0.5, 0.6) is 0 Å². The van der Waals surface area contributed by atoms with Gasteiger partial charge in [0.15, 0.2) is 5.78 Å². The molecule has 3 rings (SSSR count). The highest BCUT2D eigenvalue weighted by molar-refractivity contribution is 6.15. The van der Waals surface area contributed by atoms with Crippen molar-refractivity contribution in [3.8, 4) is 0 Å². The highest BCUT2D eigenvalue weighted by Crippen LogP contribution is 2.18. The Morgan fingerprint density at radius 1 is 0.903 bits per heavy atom. The van der Waals surface area contributed by atoms with Gasteiger partial charge in [-0.15, -0.1) is 0 Å². The van der Waals surface area contributed by atoms with E-state index in [1.807, 2.05) is 13.8 Å². The van der Waals surface area contributed by atoms with E-state index in [-0.39, 0.29) is 29.3 Å². The summed E-state index contributed by atoms with van der Waals surface area (Å²) < 4.78 is 18.5. The van der Waals surface area contributed by atoms with Crippen molar-refractivity contribution in [3.63, 3.8) is 0 Å². The first-order valence-corrected chi connectivity index (χ1v) is 10.5. The maximum absolute atomic E-state index is 13.2. The normalized spacial score (nSPS) is 14.3. The van der Waals surface area contributed by atoms with E-state index in [0.717, 1.165) is 0 Å². The van der Waals surface area contributed by atoms with Crippen LogP contribution in [0.1, 0.15) is 46.5 Å². The average Bonchev–Trinajstić information content (AvgIpc) is 3.03. The number of hydrogen-bond acceptors (Lipinski definition) is 4. The van der Waals surface area contributed by atoms with Gasteiger partial charge in [0.05, 0.1) is 12.2 Å². The Morgan fingerprint density at radius 2 is 1.52 bits per heavy atom. The molecule has 0 atom stereocenters. The quantitative estimate of drug-likeness (QED) is 0.678. The zero-order valence-electron chi connectivity index (χ0n) is 17.8. The highest BCUT2D eigenvalue weighted by Gasteiger charge is 2.26. The van der Waals surface area contributed by atoms with Crippen molar-refractivity contribution < 1.29 is 23.5 Å². The van der Waals surface area contributed by atoms with E-state index in [2.05, 4.69) is 0 Å². The molecule has 0 bridgehead atoms. The summed E-state index contributed by atoms with van der Waals surface area (Å²) in [6, 6.07) is 11.9. The Balaban J connectivity index is 1.72. The summed E-state index contributed by atoms with van der Waals surface area (Å²) >= 11 is 0. The van der Waals surface area contributed by atoms with Gasteiger partial charge in [-0.25, -0.2) is 9.18 Å². The fourth-order valence-electron chi connectivity index (χ4n) is 3.43. The van der Waals surface area contributed by atoms with Gasteiger partial charge >= 0.3 is 6.09 Å². The lowest BCUT2D eigenvalue weighted by molar-refractivity contribution is 0.0743. The molecule has 1 heterocycles. The summed E-state index contributed by atoms with van der Waals surface area (Å²) in [4.78, 5) is 41.7. The minimum absolute atomic E-state index is 0.254. The lowest BCUT2D eigenvalue weighted by atomic mass is 9.97. The first kappa shape index (κ1) is 22.5. The largest absolute Gasteiger partial charge is 0.449 e. The van der Waals surface area contributed by atoms with Crippen LogP contribution in [0, 0.1) is 11.7 Å². The van der Waals surface area contributed by atoms with Crippen LogP contribution in [0.4, 0.5) is 9.18 Å². The first-order valence-electron chi connectivity index (χ1n) is 10.5. The number of carbonyl (C=O) groups is 3. The molecule has 7 heteroatoms. The second-order valence-electron chi connectivity index (χ2n) is 7.99. The van der Waals surface area contributed by atoms with Gasteiger partial charge < -0.3 is 14.5 Å². The third kappa shape index (κ3) is 5.69. The lowest BCUT2D eigenvalue weighted by Gasteiger charge is -2.23. The molecule has 0 aromatic heterocycles. The molecule has 6 nitrogen and oxygen atoms in total. The molecule has 2 aromatic carbocycles. The van der Waals surface area contributed by atoms with Gasteiger partial charge in [-0.1, -0.05) is 32.0 Å². The summed E-state index contributed by atoms with van der Waals surface area (Å²) in [7, 11) is 0. The van der Waals surface area contributed by atoms with E-state index in [1.54, 1.807) is 34.1 Å². The standard InChI is InChI=1S/C24H27FN2O4/c1-17(2)16-31-24(30)27-13-5-12-26(14-15-27)23(29)21-7-4-3-6-20(21)22(28)18-8-10-19(25)11-9-18/h3-4,6-11,17H,5,12-16H2,1-2H3. The molecule has 164 valence electrons. The monoisotopic (exact) mass is 426 g/mol. The Bertz CT molecular complexity index is 943. The Morgan fingerprint density at radius 3 is 2.19 bits per heavy atom. The average molecular weight is 426 g/mol.